The molecule has 0 saturated carbocycles. The Morgan fingerprint density at radius 3 is 2.67 bits per heavy atom. The Bertz CT molecular complexity index is 1280. The third-order valence-electron chi connectivity index (χ3n) is 5.57. The highest BCUT2D eigenvalue weighted by atomic mass is 32.2. The summed E-state index contributed by atoms with van der Waals surface area (Å²) in [7, 11) is -1.28. The van der Waals surface area contributed by atoms with Crippen LogP contribution < -0.4 is 10.5 Å². The van der Waals surface area contributed by atoms with Crippen LogP contribution in [0.4, 0.5) is 23.4 Å². The molecule has 1 aromatic carbocycles. The number of unbranched alkanes of at least 4 members (excludes halogenated alkanes) is 2. The smallest absolute Gasteiger partial charge is 0.343 e. The minimum absolute atomic E-state index is 0.0860. The van der Waals surface area contributed by atoms with Crippen LogP contribution in [0.25, 0.3) is 22.2 Å². The Morgan fingerprint density at radius 2 is 2.00 bits per heavy atom. The number of pyridine rings is 1. The Balaban J connectivity index is 1.78. The van der Waals surface area contributed by atoms with Gasteiger partial charge in [0.2, 0.25) is 0 Å². The maximum atomic E-state index is 15.0. The Hall–Kier alpha value is -2.82. The lowest BCUT2D eigenvalue weighted by molar-refractivity contribution is -0.137. The maximum absolute atomic E-state index is 15.0. The fourth-order valence-corrected chi connectivity index (χ4v) is 4.96. The topological polar surface area (TPSA) is 68.1 Å². The predicted molar refractivity (Wildman–Crippen MR) is 119 cm³/mol. The van der Waals surface area contributed by atoms with Crippen LogP contribution in [-0.4, -0.2) is 36.9 Å². The molecule has 4 rings (SSSR count). The van der Waals surface area contributed by atoms with Crippen molar-refractivity contribution >= 4 is 27.4 Å². The summed E-state index contributed by atoms with van der Waals surface area (Å²) < 4.78 is 68.8. The number of alkyl halides is 3. The van der Waals surface area contributed by atoms with Crippen molar-refractivity contribution in [3.63, 3.8) is 0 Å². The highest BCUT2D eigenvalue weighted by Gasteiger charge is 2.38. The van der Waals surface area contributed by atoms with E-state index < -0.39 is 34.2 Å². The molecule has 1 saturated heterocycles. The van der Waals surface area contributed by atoms with Gasteiger partial charge < -0.3 is 9.47 Å². The minimum Gasteiger partial charge on any atom is -0.343 e. The number of benzene rings is 1. The lowest BCUT2D eigenvalue weighted by Crippen LogP contribution is -2.25. The zero-order valence-corrected chi connectivity index (χ0v) is 18.7. The second kappa shape index (κ2) is 9.20. The molecular weight excluding hydrogens is 460 g/mol. The first-order valence-corrected chi connectivity index (χ1v) is 12.0. The Kier molecular flexibility index (Phi) is 6.51. The van der Waals surface area contributed by atoms with Crippen molar-refractivity contribution in [3.8, 4) is 11.4 Å². The SMILES string of the molecule is CCCCCn1ccc2cc(-c3ncc(C(F)(F)F)c(N4CCS(=O)C4)n3)c(F)cc2c1=O. The number of nitrogens with zero attached hydrogens (tertiary/aromatic N) is 4. The van der Waals surface area contributed by atoms with Gasteiger partial charge in [-0.1, -0.05) is 19.8 Å². The Labute approximate surface area is 189 Å². The molecule has 2 aromatic heterocycles. The average molecular weight is 483 g/mol. The molecule has 176 valence electrons. The van der Waals surface area contributed by atoms with Gasteiger partial charge in [-0.3, -0.25) is 9.00 Å². The lowest BCUT2D eigenvalue weighted by Gasteiger charge is -2.21. The molecule has 0 bridgehead atoms. The van der Waals surface area contributed by atoms with Gasteiger partial charge in [0, 0.05) is 42.0 Å². The molecule has 1 aliphatic heterocycles. The number of aromatic nitrogens is 3. The second-order valence-corrected chi connectivity index (χ2v) is 9.45. The van der Waals surface area contributed by atoms with Crippen molar-refractivity contribution in [3.05, 3.63) is 52.3 Å². The number of fused-ring (bicyclic) bond motifs is 1. The van der Waals surface area contributed by atoms with Gasteiger partial charge in [-0.25, -0.2) is 14.4 Å². The summed E-state index contributed by atoms with van der Waals surface area (Å²) in [6.07, 6.45) is 0.322. The summed E-state index contributed by atoms with van der Waals surface area (Å²) in [5.74, 6) is -1.32. The van der Waals surface area contributed by atoms with Crippen LogP contribution in [0, 0.1) is 5.82 Å². The van der Waals surface area contributed by atoms with Gasteiger partial charge in [0.25, 0.3) is 5.56 Å². The van der Waals surface area contributed by atoms with Crippen molar-refractivity contribution in [1.82, 2.24) is 14.5 Å². The molecule has 0 amide bonds. The zero-order valence-electron chi connectivity index (χ0n) is 17.9. The highest BCUT2D eigenvalue weighted by molar-refractivity contribution is 7.85. The molecule has 0 spiro atoms. The van der Waals surface area contributed by atoms with Crippen molar-refractivity contribution in [2.75, 3.05) is 23.1 Å². The predicted octanol–water partition coefficient (Wildman–Crippen LogP) is 4.33. The van der Waals surface area contributed by atoms with Gasteiger partial charge in [-0.2, -0.15) is 13.2 Å². The van der Waals surface area contributed by atoms with Gasteiger partial charge in [0.15, 0.2) is 5.82 Å². The summed E-state index contributed by atoms with van der Waals surface area (Å²) in [6, 6.07) is 4.12. The van der Waals surface area contributed by atoms with E-state index in [0.29, 0.717) is 18.1 Å². The number of rotatable bonds is 6. The molecule has 33 heavy (non-hydrogen) atoms. The van der Waals surface area contributed by atoms with E-state index in [1.54, 1.807) is 12.3 Å². The zero-order chi connectivity index (χ0) is 23.8. The molecule has 6 nitrogen and oxygen atoms in total. The number of halogens is 4. The summed E-state index contributed by atoms with van der Waals surface area (Å²) in [5, 5.41) is 0.618. The first-order valence-electron chi connectivity index (χ1n) is 10.6. The molecule has 3 aromatic rings. The summed E-state index contributed by atoms with van der Waals surface area (Å²) in [6.45, 7) is 2.72. The molecule has 3 heterocycles. The molecule has 1 aliphatic rings. The van der Waals surface area contributed by atoms with E-state index in [2.05, 4.69) is 16.9 Å². The quantitative estimate of drug-likeness (QED) is 0.386. The number of aryl methyl sites for hydroxylation is 1. The summed E-state index contributed by atoms with van der Waals surface area (Å²) in [5.41, 5.74) is -1.51. The fourth-order valence-electron chi connectivity index (χ4n) is 3.81. The van der Waals surface area contributed by atoms with E-state index in [4.69, 9.17) is 0 Å². The first-order chi connectivity index (χ1) is 15.7. The van der Waals surface area contributed by atoms with Crippen LogP contribution in [-0.2, 0) is 23.5 Å². The fraction of sp³-hybridized carbons (Fsp3) is 0.409. The van der Waals surface area contributed by atoms with Crippen molar-refractivity contribution in [2.24, 2.45) is 0 Å². The average Bonchev–Trinajstić information content (AvgIpc) is 3.21. The minimum atomic E-state index is -4.72. The van der Waals surface area contributed by atoms with E-state index in [1.165, 1.54) is 15.5 Å². The first kappa shape index (κ1) is 23.3. The van der Waals surface area contributed by atoms with Crippen LogP contribution in [0.5, 0.6) is 0 Å². The van der Waals surface area contributed by atoms with Crippen molar-refractivity contribution < 1.29 is 21.8 Å². The molecule has 11 heteroatoms. The Morgan fingerprint density at radius 1 is 1.21 bits per heavy atom. The molecule has 0 radical (unpaired) electrons. The molecule has 1 atom stereocenters. The monoisotopic (exact) mass is 482 g/mol. The lowest BCUT2D eigenvalue weighted by atomic mass is 10.1. The van der Waals surface area contributed by atoms with Gasteiger partial charge in [0.05, 0.1) is 16.8 Å². The number of hydrogen-bond acceptors (Lipinski definition) is 5. The van der Waals surface area contributed by atoms with E-state index in [-0.39, 0.29) is 40.5 Å². The second-order valence-electron chi connectivity index (χ2n) is 7.91. The van der Waals surface area contributed by atoms with Gasteiger partial charge >= 0.3 is 6.18 Å². The van der Waals surface area contributed by atoms with Crippen LogP contribution in [0.2, 0.25) is 0 Å². The normalized spacial score (nSPS) is 16.6. The number of anilines is 1. The van der Waals surface area contributed by atoms with Crippen molar-refractivity contribution in [2.45, 2.75) is 38.9 Å². The summed E-state index contributed by atoms with van der Waals surface area (Å²) >= 11 is 0. The number of hydrogen-bond donors (Lipinski definition) is 0. The van der Waals surface area contributed by atoms with Gasteiger partial charge in [-0.15, -0.1) is 0 Å². The largest absolute Gasteiger partial charge is 0.421 e. The molecule has 0 N–H and O–H groups in total. The molecular formula is C22H22F4N4O2S. The van der Waals surface area contributed by atoms with E-state index >= 15 is 4.39 Å². The molecule has 1 fully saturated rings. The maximum Gasteiger partial charge on any atom is 0.421 e. The molecule has 0 aliphatic carbocycles. The van der Waals surface area contributed by atoms with Crippen LogP contribution in [0.3, 0.4) is 0 Å². The van der Waals surface area contributed by atoms with E-state index in [9.17, 15) is 22.2 Å². The van der Waals surface area contributed by atoms with Crippen LogP contribution in [0.15, 0.2) is 35.4 Å². The van der Waals surface area contributed by atoms with Crippen LogP contribution >= 0.6 is 0 Å². The van der Waals surface area contributed by atoms with Gasteiger partial charge in [-0.05, 0) is 30.0 Å². The van der Waals surface area contributed by atoms with E-state index in [0.717, 1.165) is 25.3 Å². The summed E-state index contributed by atoms with van der Waals surface area (Å²) in [4.78, 5) is 21.8. The van der Waals surface area contributed by atoms with Crippen molar-refractivity contribution in [1.29, 1.82) is 0 Å². The van der Waals surface area contributed by atoms with Gasteiger partial charge in [0.1, 0.15) is 17.2 Å². The molecule has 1 unspecified atom stereocenters. The highest BCUT2D eigenvalue weighted by Crippen LogP contribution is 2.37. The third-order valence-corrected chi connectivity index (χ3v) is 6.81. The third kappa shape index (κ3) is 4.78. The van der Waals surface area contributed by atoms with Crippen LogP contribution in [0.1, 0.15) is 31.7 Å². The standard InChI is InChI=1S/C22H22F4N4O2S/c1-2-3-4-6-29-7-5-14-10-16(18(23)11-15(14)21(29)31)19-27-12-17(22(24,25)26)20(28-19)30-8-9-33(32)13-30/h5,7,10-12H,2-4,6,8-9,13H2,1H3. The van der Waals surface area contributed by atoms with E-state index in [1.807, 2.05) is 0 Å².